The van der Waals surface area contributed by atoms with E-state index in [1.54, 1.807) is 6.92 Å². The fraction of sp³-hybridized carbons (Fsp3) is 1.00. The summed E-state index contributed by atoms with van der Waals surface area (Å²) in [5, 5.41) is 36.4. The largest absolute Gasteiger partial charge is 0.394 e. The van der Waals surface area contributed by atoms with Crippen LogP contribution in [0.4, 0.5) is 0 Å². The van der Waals surface area contributed by atoms with Crippen molar-refractivity contribution >= 4 is 0 Å². The second-order valence-electron chi connectivity index (χ2n) is 3.09. The molecule has 1 aliphatic heterocycles. The smallest absolute Gasteiger partial charge is 0.160 e. The number of aliphatic hydroxyl groups is 4. The summed E-state index contributed by atoms with van der Waals surface area (Å²) in [5.41, 5.74) is 0. The maximum atomic E-state index is 9.32. The minimum absolute atomic E-state index is 0.415. The Hall–Kier alpha value is -0.200. The molecule has 1 aliphatic rings. The zero-order chi connectivity index (χ0) is 9.30. The molecular formula is C7H14O5. The van der Waals surface area contributed by atoms with E-state index < -0.39 is 37.1 Å². The van der Waals surface area contributed by atoms with Crippen molar-refractivity contribution in [3.8, 4) is 0 Å². The summed E-state index contributed by atoms with van der Waals surface area (Å²) in [6, 6.07) is 0. The van der Waals surface area contributed by atoms with Gasteiger partial charge in [-0.25, -0.2) is 0 Å². The fourth-order valence-electron chi connectivity index (χ4n) is 1.23. The molecule has 5 heteroatoms. The lowest BCUT2D eigenvalue weighted by Gasteiger charge is -2.38. The Morgan fingerprint density at radius 2 is 1.75 bits per heavy atom. The number of rotatable bonds is 1. The summed E-state index contributed by atoms with van der Waals surface area (Å²) < 4.78 is 4.83. The molecule has 0 saturated carbocycles. The van der Waals surface area contributed by atoms with E-state index in [2.05, 4.69) is 0 Å². The molecule has 0 aromatic carbocycles. The van der Waals surface area contributed by atoms with Crippen LogP contribution >= 0.6 is 0 Å². The van der Waals surface area contributed by atoms with Crippen molar-refractivity contribution in [3.63, 3.8) is 0 Å². The van der Waals surface area contributed by atoms with E-state index in [1.807, 2.05) is 0 Å². The lowest BCUT2D eigenvalue weighted by molar-refractivity contribution is -0.266. The molecule has 0 aliphatic carbocycles. The highest BCUT2D eigenvalue weighted by molar-refractivity contribution is 4.86. The molecule has 1 heterocycles. The van der Waals surface area contributed by atoms with Gasteiger partial charge in [-0.2, -0.15) is 0 Å². The van der Waals surface area contributed by atoms with Gasteiger partial charge in [0.25, 0.3) is 0 Å². The Bertz CT molecular complexity index is 146. The molecule has 0 radical (unpaired) electrons. The molecule has 1 fully saturated rings. The highest BCUT2D eigenvalue weighted by Crippen LogP contribution is 2.23. The van der Waals surface area contributed by atoms with E-state index in [-0.39, 0.29) is 0 Å². The van der Waals surface area contributed by atoms with Gasteiger partial charge < -0.3 is 25.2 Å². The van der Waals surface area contributed by atoms with Crippen LogP contribution in [-0.4, -0.2) is 51.6 Å². The summed E-state index contributed by atoms with van der Waals surface area (Å²) in [6.07, 6.45) is -4.20. The first kappa shape index (κ1) is 9.88. The first-order valence-electron chi connectivity index (χ1n) is 3.88. The average molecular weight is 178 g/mol. The quantitative estimate of drug-likeness (QED) is 0.375. The SMILES string of the molecule is CC1[C@@H](O)OC(CO)[C@@H](O)[C@H]1O. The summed E-state index contributed by atoms with van der Waals surface area (Å²) >= 11 is 0. The van der Waals surface area contributed by atoms with Crippen molar-refractivity contribution in [2.24, 2.45) is 5.92 Å². The van der Waals surface area contributed by atoms with Crippen molar-refractivity contribution < 1.29 is 25.2 Å². The van der Waals surface area contributed by atoms with Crippen LogP contribution in [0.2, 0.25) is 0 Å². The third-order valence-corrected chi connectivity index (χ3v) is 2.21. The molecule has 72 valence electrons. The second-order valence-corrected chi connectivity index (χ2v) is 3.09. The molecule has 0 bridgehead atoms. The Kier molecular flexibility index (Phi) is 3.03. The first-order valence-corrected chi connectivity index (χ1v) is 3.88. The first-order chi connectivity index (χ1) is 5.57. The van der Waals surface area contributed by atoms with E-state index >= 15 is 0 Å². The predicted molar refractivity (Wildman–Crippen MR) is 39.1 cm³/mol. The van der Waals surface area contributed by atoms with Gasteiger partial charge in [-0.05, 0) is 0 Å². The summed E-state index contributed by atoms with van der Waals surface area (Å²) in [5.74, 6) is -0.539. The summed E-state index contributed by atoms with van der Waals surface area (Å²) in [4.78, 5) is 0. The Labute approximate surface area is 70.2 Å². The molecule has 12 heavy (non-hydrogen) atoms. The van der Waals surface area contributed by atoms with Crippen molar-refractivity contribution in [3.05, 3.63) is 0 Å². The molecule has 4 N–H and O–H groups in total. The van der Waals surface area contributed by atoms with E-state index in [1.165, 1.54) is 0 Å². The lowest BCUT2D eigenvalue weighted by atomic mass is 9.93. The maximum Gasteiger partial charge on any atom is 0.160 e. The maximum absolute atomic E-state index is 9.32. The monoisotopic (exact) mass is 178 g/mol. The molecule has 1 rings (SSSR count). The van der Waals surface area contributed by atoms with E-state index in [4.69, 9.17) is 14.9 Å². The molecule has 0 spiro atoms. The van der Waals surface area contributed by atoms with Gasteiger partial charge in [0, 0.05) is 5.92 Å². The molecule has 0 aromatic rings. The van der Waals surface area contributed by atoms with Gasteiger partial charge in [-0.15, -0.1) is 0 Å². The highest BCUT2D eigenvalue weighted by atomic mass is 16.6. The summed E-state index contributed by atoms with van der Waals surface area (Å²) in [6.45, 7) is 1.15. The van der Waals surface area contributed by atoms with Crippen LogP contribution < -0.4 is 0 Å². The van der Waals surface area contributed by atoms with Crippen molar-refractivity contribution in [1.29, 1.82) is 0 Å². The van der Waals surface area contributed by atoms with Crippen molar-refractivity contribution in [2.45, 2.75) is 31.5 Å². The minimum atomic E-state index is -1.13. The Balaban J connectivity index is 2.63. The zero-order valence-electron chi connectivity index (χ0n) is 6.79. The Morgan fingerprint density at radius 1 is 1.17 bits per heavy atom. The molecule has 0 aromatic heterocycles. The third-order valence-electron chi connectivity index (χ3n) is 2.21. The van der Waals surface area contributed by atoms with Crippen LogP contribution in [0.5, 0.6) is 0 Å². The van der Waals surface area contributed by atoms with Gasteiger partial charge >= 0.3 is 0 Å². The van der Waals surface area contributed by atoms with Gasteiger partial charge in [-0.1, -0.05) is 6.92 Å². The topological polar surface area (TPSA) is 90.2 Å². The minimum Gasteiger partial charge on any atom is -0.394 e. The number of aliphatic hydroxyl groups excluding tert-OH is 4. The van der Waals surface area contributed by atoms with Gasteiger partial charge in [-0.3, -0.25) is 0 Å². The van der Waals surface area contributed by atoms with Crippen LogP contribution in [0.25, 0.3) is 0 Å². The molecule has 5 nitrogen and oxygen atoms in total. The molecule has 2 unspecified atom stereocenters. The fourth-order valence-corrected chi connectivity index (χ4v) is 1.23. The van der Waals surface area contributed by atoms with Gasteiger partial charge in [0.1, 0.15) is 12.2 Å². The van der Waals surface area contributed by atoms with Crippen molar-refractivity contribution in [1.82, 2.24) is 0 Å². The van der Waals surface area contributed by atoms with Gasteiger partial charge in [0.05, 0.1) is 12.7 Å². The predicted octanol–water partition coefficient (Wildman–Crippen LogP) is -1.95. The second kappa shape index (κ2) is 3.68. The molecule has 1 saturated heterocycles. The van der Waals surface area contributed by atoms with Crippen molar-refractivity contribution in [2.75, 3.05) is 6.61 Å². The van der Waals surface area contributed by atoms with Gasteiger partial charge in [0.2, 0.25) is 0 Å². The standard InChI is InChI=1S/C7H14O5/c1-3-5(9)6(10)4(2-8)12-7(3)11/h3-11H,2H2,1H3/t3?,4?,5-,6+,7-/m0/s1. The molecular weight excluding hydrogens is 164 g/mol. The molecule has 0 amide bonds. The average Bonchev–Trinajstić information content (AvgIpc) is 2.08. The number of hydrogen-bond acceptors (Lipinski definition) is 5. The highest BCUT2D eigenvalue weighted by Gasteiger charge is 2.40. The van der Waals surface area contributed by atoms with E-state index in [9.17, 15) is 10.2 Å². The van der Waals surface area contributed by atoms with Crippen LogP contribution in [0.15, 0.2) is 0 Å². The van der Waals surface area contributed by atoms with Crippen LogP contribution in [0, 0.1) is 5.92 Å². The Morgan fingerprint density at radius 3 is 2.25 bits per heavy atom. The third kappa shape index (κ3) is 1.60. The normalized spacial score (nSPS) is 49.2. The van der Waals surface area contributed by atoms with Crippen LogP contribution in [-0.2, 0) is 4.74 Å². The summed E-state index contributed by atoms with van der Waals surface area (Å²) in [7, 11) is 0. The lowest BCUT2D eigenvalue weighted by Crippen LogP contribution is -2.54. The number of hydrogen-bond donors (Lipinski definition) is 4. The van der Waals surface area contributed by atoms with E-state index in [0.717, 1.165) is 0 Å². The van der Waals surface area contributed by atoms with Crippen LogP contribution in [0.3, 0.4) is 0 Å². The number of ether oxygens (including phenoxy) is 1. The van der Waals surface area contributed by atoms with Crippen LogP contribution in [0.1, 0.15) is 6.92 Å². The molecule has 5 atom stereocenters. The van der Waals surface area contributed by atoms with E-state index in [0.29, 0.717) is 0 Å². The zero-order valence-corrected chi connectivity index (χ0v) is 6.79. The van der Waals surface area contributed by atoms with Gasteiger partial charge in [0.15, 0.2) is 6.29 Å².